The summed E-state index contributed by atoms with van der Waals surface area (Å²) in [6, 6.07) is 6.25. The number of nitrogens with one attached hydrogen (secondary N) is 1. The Balaban J connectivity index is 1.65. The van der Waals surface area contributed by atoms with Crippen molar-refractivity contribution >= 4 is 11.6 Å². The normalized spacial score (nSPS) is 29.5. The molecule has 0 radical (unpaired) electrons. The zero-order chi connectivity index (χ0) is 16.9. The van der Waals surface area contributed by atoms with Crippen molar-refractivity contribution in [2.75, 3.05) is 5.32 Å². The van der Waals surface area contributed by atoms with Crippen molar-refractivity contribution in [3.05, 3.63) is 53.6 Å². The third-order valence-electron chi connectivity index (χ3n) is 5.45. The molecule has 0 aliphatic heterocycles. The van der Waals surface area contributed by atoms with Gasteiger partial charge >= 0.3 is 0 Å². The lowest BCUT2D eigenvalue weighted by atomic mass is 10.1. The van der Waals surface area contributed by atoms with Crippen LogP contribution in [0.4, 0.5) is 5.69 Å². The van der Waals surface area contributed by atoms with E-state index in [2.05, 4.69) is 61.7 Å². The summed E-state index contributed by atoms with van der Waals surface area (Å²) in [4.78, 5) is 12.8. The van der Waals surface area contributed by atoms with Crippen molar-refractivity contribution in [1.29, 1.82) is 0 Å². The van der Waals surface area contributed by atoms with Gasteiger partial charge < -0.3 is 5.32 Å². The molecule has 1 N–H and O–H groups in total. The van der Waals surface area contributed by atoms with Crippen molar-refractivity contribution in [3.63, 3.8) is 0 Å². The first-order chi connectivity index (χ1) is 11.7. The molecule has 2 aliphatic rings. The number of carbonyl (C=O) groups is 1. The summed E-state index contributed by atoms with van der Waals surface area (Å²) in [6.45, 7) is 4.12. The Morgan fingerprint density at radius 1 is 0.917 bits per heavy atom. The molecule has 1 aromatic carbocycles. The first-order valence-electron chi connectivity index (χ1n) is 9.35. The highest BCUT2D eigenvalue weighted by Crippen LogP contribution is 2.52. The molecule has 2 aliphatic carbocycles. The number of benzene rings is 1. The maximum absolute atomic E-state index is 12.8. The van der Waals surface area contributed by atoms with E-state index in [0.29, 0.717) is 11.8 Å². The minimum atomic E-state index is 0.201. The van der Waals surface area contributed by atoms with Gasteiger partial charge in [-0.15, -0.1) is 0 Å². The van der Waals surface area contributed by atoms with Gasteiger partial charge in [-0.1, -0.05) is 36.4 Å². The number of fused-ring (bicyclic) bond motifs is 1. The van der Waals surface area contributed by atoms with Gasteiger partial charge in [0.15, 0.2) is 0 Å². The third kappa shape index (κ3) is 4.17. The Labute approximate surface area is 146 Å². The fourth-order valence-electron chi connectivity index (χ4n) is 3.95. The molecule has 1 saturated carbocycles. The largest absolute Gasteiger partial charge is 0.326 e. The second-order valence-electron chi connectivity index (χ2n) is 7.34. The van der Waals surface area contributed by atoms with Gasteiger partial charge in [0.2, 0.25) is 5.91 Å². The fourth-order valence-corrected chi connectivity index (χ4v) is 3.95. The van der Waals surface area contributed by atoms with Gasteiger partial charge in [-0.25, -0.2) is 0 Å². The number of aryl methyl sites for hydroxylation is 2. The lowest BCUT2D eigenvalue weighted by Gasteiger charge is -2.09. The van der Waals surface area contributed by atoms with E-state index in [4.69, 9.17) is 0 Å². The van der Waals surface area contributed by atoms with E-state index in [0.717, 1.165) is 49.8 Å². The Morgan fingerprint density at radius 2 is 1.50 bits per heavy atom. The number of hydrogen-bond acceptors (Lipinski definition) is 1. The highest BCUT2D eigenvalue weighted by Gasteiger charge is 2.52. The van der Waals surface area contributed by atoms with Crippen molar-refractivity contribution in [2.24, 2.45) is 17.8 Å². The SMILES string of the molecule is Cc1ccc(C)c(NC(=O)C2[C@H]3CC/C=C\CC/C=C\CC[C@H]23)c1. The van der Waals surface area contributed by atoms with E-state index in [-0.39, 0.29) is 11.8 Å². The molecule has 0 saturated heterocycles. The molecule has 1 amide bonds. The summed E-state index contributed by atoms with van der Waals surface area (Å²) in [6.07, 6.45) is 16.0. The minimum Gasteiger partial charge on any atom is -0.326 e. The lowest BCUT2D eigenvalue weighted by molar-refractivity contribution is -0.117. The Morgan fingerprint density at radius 3 is 2.12 bits per heavy atom. The second kappa shape index (κ2) is 7.83. The number of anilines is 1. The van der Waals surface area contributed by atoms with Crippen molar-refractivity contribution in [3.8, 4) is 0 Å². The van der Waals surface area contributed by atoms with Gasteiger partial charge in [0.1, 0.15) is 0 Å². The Hall–Kier alpha value is -1.83. The molecule has 0 spiro atoms. The van der Waals surface area contributed by atoms with Crippen LogP contribution in [0.5, 0.6) is 0 Å². The summed E-state index contributed by atoms with van der Waals surface area (Å²) in [5.74, 6) is 1.55. The van der Waals surface area contributed by atoms with Gasteiger partial charge in [0.25, 0.3) is 0 Å². The molecular formula is C22H29NO. The number of carbonyl (C=O) groups excluding carboxylic acids is 1. The molecule has 128 valence electrons. The van der Waals surface area contributed by atoms with E-state index in [1.165, 1.54) is 5.56 Å². The molecule has 0 heterocycles. The smallest absolute Gasteiger partial charge is 0.228 e. The summed E-state index contributed by atoms with van der Waals surface area (Å²) in [7, 11) is 0. The van der Waals surface area contributed by atoms with Gasteiger partial charge in [-0.2, -0.15) is 0 Å². The van der Waals surface area contributed by atoms with Crippen LogP contribution in [0.2, 0.25) is 0 Å². The van der Waals surface area contributed by atoms with Crippen LogP contribution >= 0.6 is 0 Å². The van der Waals surface area contributed by atoms with Gasteiger partial charge in [0, 0.05) is 11.6 Å². The molecule has 0 unspecified atom stereocenters. The van der Waals surface area contributed by atoms with Crippen molar-refractivity contribution in [2.45, 2.75) is 52.4 Å². The molecule has 2 heteroatoms. The van der Waals surface area contributed by atoms with Crippen LogP contribution in [-0.4, -0.2) is 5.91 Å². The predicted molar refractivity (Wildman–Crippen MR) is 101 cm³/mol. The average Bonchev–Trinajstić information content (AvgIpc) is 3.23. The lowest BCUT2D eigenvalue weighted by Crippen LogP contribution is -2.16. The van der Waals surface area contributed by atoms with Crippen LogP contribution in [0.1, 0.15) is 49.7 Å². The van der Waals surface area contributed by atoms with Crippen LogP contribution in [0.15, 0.2) is 42.5 Å². The molecule has 0 aromatic heterocycles. The number of rotatable bonds is 2. The quantitative estimate of drug-likeness (QED) is 0.708. The van der Waals surface area contributed by atoms with Gasteiger partial charge in [-0.3, -0.25) is 4.79 Å². The number of amides is 1. The van der Waals surface area contributed by atoms with Crippen LogP contribution in [-0.2, 0) is 4.79 Å². The highest BCUT2D eigenvalue weighted by molar-refractivity contribution is 5.95. The predicted octanol–water partition coefficient (Wildman–Crippen LogP) is 5.57. The standard InChI is InChI=1S/C22H29NO/c1-16-13-14-17(2)20(15-16)23-22(24)21-18-11-9-7-5-3-4-6-8-10-12-19(18)21/h5-8,13-15,18-19,21H,3-4,9-12H2,1-2H3,(H,23,24)/b7-5-,8-6-/t18-,19-/m0/s1. The average molecular weight is 323 g/mol. The van der Waals surface area contributed by atoms with E-state index < -0.39 is 0 Å². The molecule has 1 aromatic rings. The van der Waals surface area contributed by atoms with E-state index in [1.807, 2.05) is 0 Å². The van der Waals surface area contributed by atoms with Crippen LogP contribution < -0.4 is 5.32 Å². The summed E-state index contributed by atoms with van der Waals surface area (Å²) >= 11 is 0. The zero-order valence-corrected chi connectivity index (χ0v) is 14.9. The monoisotopic (exact) mass is 323 g/mol. The minimum absolute atomic E-state index is 0.201. The third-order valence-corrected chi connectivity index (χ3v) is 5.45. The molecule has 3 rings (SSSR count). The summed E-state index contributed by atoms with van der Waals surface area (Å²) < 4.78 is 0. The van der Waals surface area contributed by atoms with E-state index >= 15 is 0 Å². The maximum atomic E-state index is 12.8. The Bertz CT molecular complexity index is 619. The van der Waals surface area contributed by atoms with Crippen molar-refractivity contribution < 1.29 is 4.79 Å². The zero-order valence-electron chi connectivity index (χ0n) is 14.9. The second-order valence-corrected chi connectivity index (χ2v) is 7.34. The van der Waals surface area contributed by atoms with Crippen molar-refractivity contribution in [1.82, 2.24) is 0 Å². The summed E-state index contributed by atoms with van der Waals surface area (Å²) in [5.41, 5.74) is 3.30. The molecular weight excluding hydrogens is 294 g/mol. The molecule has 1 fully saturated rings. The van der Waals surface area contributed by atoms with E-state index in [1.54, 1.807) is 0 Å². The van der Waals surface area contributed by atoms with Crippen LogP contribution in [0.25, 0.3) is 0 Å². The molecule has 2 nitrogen and oxygen atoms in total. The number of hydrogen-bond donors (Lipinski definition) is 1. The maximum Gasteiger partial charge on any atom is 0.228 e. The van der Waals surface area contributed by atoms with Gasteiger partial charge in [-0.05, 0) is 81.4 Å². The number of allylic oxidation sites excluding steroid dienone is 4. The molecule has 0 bridgehead atoms. The topological polar surface area (TPSA) is 29.1 Å². The van der Waals surface area contributed by atoms with E-state index in [9.17, 15) is 4.79 Å². The first-order valence-corrected chi connectivity index (χ1v) is 9.35. The van der Waals surface area contributed by atoms with Gasteiger partial charge in [0.05, 0.1) is 0 Å². The fraction of sp³-hybridized carbons (Fsp3) is 0.500. The Kier molecular flexibility index (Phi) is 5.55. The molecule has 24 heavy (non-hydrogen) atoms. The van der Waals surface area contributed by atoms with Crippen LogP contribution in [0, 0.1) is 31.6 Å². The summed E-state index contributed by atoms with van der Waals surface area (Å²) in [5, 5.41) is 3.19. The van der Waals surface area contributed by atoms with Crippen LogP contribution in [0.3, 0.4) is 0 Å². The molecule has 2 atom stereocenters. The first kappa shape index (κ1) is 17.0. The highest BCUT2D eigenvalue weighted by atomic mass is 16.2.